The van der Waals surface area contributed by atoms with Crippen LogP contribution in [-0.2, 0) is 14.3 Å². The van der Waals surface area contributed by atoms with Crippen LogP contribution in [0.3, 0.4) is 0 Å². The van der Waals surface area contributed by atoms with Crippen LogP contribution in [0.1, 0.15) is 25.5 Å². The molecule has 1 fully saturated rings. The molecule has 0 saturated heterocycles. The number of nitrogens with zero attached hydrogens (tertiary/aromatic N) is 1. The zero-order valence-corrected chi connectivity index (χ0v) is 16.7. The third-order valence-corrected chi connectivity index (χ3v) is 5.28. The maximum absolute atomic E-state index is 14.2. The van der Waals surface area contributed by atoms with Crippen LogP contribution in [0.15, 0.2) is 60.4 Å². The molecule has 3 rings (SSSR count). The number of esters is 1. The number of carbonyl (C=O) groups excluding carboxylic acids is 1. The number of para-hydroxylation sites is 1. The Morgan fingerprint density at radius 3 is 2.52 bits per heavy atom. The SMILES string of the molecule is CC1(C)[C@H](C(=O)O[C@H](C#N)c2ccc(F)c(Oc3ccccc3)c2)[C@@H]1/C=C(/F)C(=O)O. The van der Waals surface area contributed by atoms with Gasteiger partial charge in [-0.2, -0.15) is 9.65 Å². The molecule has 160 valence electrons. The van der Waals surface area contributed by atoms with Gasteiger partial charge in [-0.1, -0.05) is 38.1 Å². The molecule has 0 aromatic heterocycles. The monoisotopic (exact) mass is 427 g/mol. The number of rotatable bonds is 7. The van der Waals surface area contributed by atoms with Gasteiger partial charge >= 0.3 is 11.9 Å². The predicted octanol–water partition coefficient (Wildman–Crippen LogP) is 4.94. The molecular formula is C23H19F2NO5. The Morgan fingerprint density at radius 2 is 1.90 bits per heavy atom. The van der Waals surface area contributed by atoms with Crippen LogP contribution in [0.5, 0.6) is 11.5 Å². The van der Waals surface area contributed by atoms with E-state index in [0.717, 1.165) is 12.1 Å². The summed E-state index contributed by atoms with van der Waals surface area (Å²) in [6, 6.07) is 14.0. The molecule has 2 aromatic rings. The van der Waals surface area contributed by atoms with Gasteiger partial charge in [0.25, 0.3) is 0 Å². The minimum absolute atomic E-state index is 0.143. The number of carboxylic acids is 1. The van der Waals surface area contributed by atoms with Crippen molar-refractivity contribution in [3.63, 3.8) is 0 Å². The lowest BCUT2D eigenvalue weighted by Crippen LogP contribution is -2.14. The summed E-state index contributed by atoms with van der Waals surface area (Å²) in [5.41, 5.74) is -0.528. The summed E-state index contributed by atoms with van der Waals surface area (Å²) in [4.78, 5) is 23.3. The Kier molecular flexibility index (Phi) is 6.07. The van der Waals surface area contributed by atoms with Gasteiger partial charge in [0.05, 0.1) is 5.92 Å². The number of nitriles is 1. The summed E-state index contributed by atoms with van der Waals surface area (Å²) in [5.74, 6) is -5.75. The molecule has 1 saturated carbocycles. The van der Waals surface area contributed by atoms with Gasteiger partial charge in [-0.25, -0.2) is 9.18 Å². The molecule has 1 N–H and O–H groups in total. The highest BCUT2D eigenvalue weighted by atomic mass is 19.1. The van der Waals surface area contributed by atoms with Crippen molar-refractivity contribution in [2.75, 3.05) is 0 Å². The molecule has 31 heavy (non-hydrogen) atoms. The Hall–Kier alpha value is -3.73. The average molecular weight is 427 g/mol. The maximum Gasteiger partial charge on any atom is 0.364 e. The van der Waals surface area contributed by atoms with E-state index in [9.17, 15) is 23.6 Å². The molecule has 6 nitrogen and oxygen atoms in total. The molecule has 0 bridgehead atoms. The predicted molar refractivity (Wildman–Crippen MR) is 105 cm³/mol. The fraction of sp³-hybridized carbons (Fsp3) is 0.261. The summed E-state index contributed by atoms with van der Waals surface area (Å²) in [5, 5.41) is 18.2. The second-order valence-corrected chi connectivity index (χ2v) is 7.70. The third kappa shape index (κ3) is 4.72. The van der Waals surface area contributed by atoms with Crippen molar-refractivity contribution in [3.05, 3.63) is 71.8 Å². The van der Waals surface area contributed by atoms with Crippen molar-refractivity contribution in [2.24, 2.45) is 17.3 Å². The molecular weight excluding hydrogens is 408 g/mol. The summed E-state index contributed by atoms with van der Waals surface area (Å²) in [7, 11) is 0. The number of ether oxygens (including phenoxy) is 2. The third-order valence-electron chi connectivity index (χ3n) is 5.28. The van der Waals surface area contributed by atoms with Crippen LogP contribution >= 0.6 is 0 Å². The second kappa shape index (κ2) is 8.56. The number of carboxylic acid groups (broad SMARTS) is 1. The van der Waals surface area contributed by atoms with Gasteiger partial charge in [0, 0.05) is 5.56 Å². The first kappa shape index (κ1) is 22.0. The lowest BCUT2D eigenvalue weighted by molar-refractivity contribution is -0.149. The van der Waals surface area contributed by atoms with E-state index in [0.29, 0.717) is 5.75 Å². The second-order valence-electron chi connectivity index (χ2n) is 7.70. The van der Waals surface area contributed by atoms with E-state index >= 15 is 0 Å². The Labute approximate surface area is 177 Å². The summed E-state index contributed by atoms with van der Waals surface area (Å²) in [6.07, 6.45) is -0.476. The molecule has 1 aliphatic rings. The average Bonchev–Trinajstić information content (AvgIpc) is 3.28. The van der Waals surface area contributed by atoms with E-state index in [-0.39, 0.29) is 11.3 Å². The van der Waals surface area contributed by atoms with Crippen LogP contribution in [0.25, 0.3) is 0 Å². The van der Waals surface area contributed by atoms with Crippen LogP contribution in [0.2, 0.25) is 0 Å². The molecule has 0 unspecified atom stereocenters. The molecule has 1 aliphatic carbocycles. The van der Waals surface area contributed by atoms with Gasteiger partial charge in [-0.05, 0) is 41.7 Å². The van der Waals surface area contributed by atoms with Gasteiger partial charge in [-0.15, -0.1) is 0 Å². The van der Waals surface area contributed by atoms with Crippen molar-refractivity contribution in [1.82, 2.24) is 0 Å². The van der Waals surface area contributed by atoms with Crippen molar-refractivity contribution in [2.45, 2.75) is 20.0 Å². The zero-order valence-electron chi connectivity index (χ0n) is 16.7. The Morgan fingerprint density at radius 1 is 1.23 bits per heavy atom. The number of carbonyl (C=O) groups is 2. The van der Waals surface area contributed by atoms with Crippen molar-refractivity contribution < 1.29 is 33.0 Å². The lowest BCUT2D eigenvalue weighted by atomic mass is 10.1. The first-order chi connectivity index (χ1) is 14.6. The minimum atomic E-state index is -1.72. The number of benzene rings is 2. The number of halogens is 2. The molecule has 0 amide bonds. The molecule has 2 aromatic carbocycles. The topological polar surface area (TPSA) is 96.6 Å². The van der Waals surface area contributed by atoms with E-state index in [1.54, 1.807) is 44.2 Å². The molecule has 0 heterocycles. The van der Waals surface area contributed by atoms with Crippen LogP contribution in [0.4, 0.5) is 8.78 Å². The minimum Gasteiger partial charge on any atom is -0.476 e. The summed E-state index contributed by atoms with van der Waals surface area (Å²) in [6.45, 7) is 3.33. The highest BCUT2D eigenvalue weighted by molar-refractivity contribution is 5.85. The van der Waals surface area contributed by atoms with E-state index in [4.69, 9.17) is 14.6 Å². The van der Waals surface area contributed by atoms with Crippen LogP contribution in [-0.4, -0.2) is 17.0 Å². The Bertz CT molecular complexity index is 1080. The van der Waals surface area contributed by atoms with Gasteiger partial charge in [-0.3, -0.25) is 4.79 Å². The number of hydrogen-bond donors (Lipinski definition) is 1. The highest BCUT2D eigenvalue weighted by Crippen LogP contribution is 2.60. The van der Waals surface area contributed by atoms with Crippen molar-refractivity contribution in [3.8, 4) is 17.6 Å². The fourth-order valence-electron chi connectivity index (χ4n) is 3.40. The Balaban J connectivity index is 1.77. The lowest BCUT2D eigenvalue weighted by Gasteiger charge is -2.14. The molecule has 0 spiro atoms. The normalized spacial score (nSPS) is 20.3. The largest absolute Gasteiger partial charge is 0.476 e. The highest BCUT2D eigenvalue weighted by Gasteiger charge is 2.62. The van der Waals surface area contributed by atoms with Gasteiger partial charge in [0.15, 0.2) is 11.6 Å². The van der Waals surface area contributed by atoms with E-state index < -0.39 is 46.9 Å². The number of hydrogen-bond acceptors (Lipinski definition) is 5. The van der Waals surface area contributed by atoms with Gasteiger partial charge < -0.3 is 14.6 Å². The van der Waals surface area contributed by atoms with Gasteiger partial charge in [0.1, 0.15) is 11.8 Å². The molecule has 0 radical (unpaired) electrons. The smallest absolute Gasteiger partial charge is 0.364 e. The van der Waals surface area contributed by atoms with Crippen molar-refractivity contribution in [1.29, 1.82) is 5.26 Å². The summed E-state index contributed by atoms with van der Waals surface area (Å²) < 4.78 is 38.4. The number of aliphatic carboxylic acids is 1. The standard InChI is InChI=1S/C23H19F2NO5/c1-23(2)15(11-17(25)21(27)28)20(23)22(29)31-19(12-26)13-8-9-16(24)18(10-13)30-14-6-4-3-5-7-14/h3-11,15,19-20H,1-2H3,(H,27,28)/b17-11+/t15-,19+,20-/m0/s1. The number of allylic oxidation sites excluding steroid dienone is 1. The van der Waals surface area contributed by atoms with E-state index in [1.165, 1.54) is 12.1 Å². The zero-order chi connectivity index (χ0) is 22.8. The summed E-state index contributed by atoms with van der Waals surface area (Å²) >= 11 is 0. The fourth-order valence-corrected chi connectivity index (χ4v) is 3.40. The van der Waals surface area contributed by atoms with E-state index in [2.05, 4.69) is 0 Å². The molecule has 8 heteroatoms. The van der Waals surface area contributed by atoms with Crippen molar-refractivity contribution >= 4 is 11.9 Å². The molecule has 0 aliphatic heterocycles. The van der Waals surface area contributed by atoms with Crippen LogP contribution in [0, 0.1) is 34.4 Å². The quantitative estimate of drug-likeness (QED) is 0.497. The first-order valence-corrected chi connectivity index (χ1v) is 9.38. The van der Waals surface area contributed by atoms with E-state index in [1.807, 2.05) is 6.07 Å². The molecule has 3 atom stereocenters. The first-order valence-electron chi connectivity index (χ1n) is 9.38. The van der Waals surface area contributed by atoms with Gasteiger partial charge in [0.2, 0.25) is 11.9 Å². The van der Waals surface area contributed by atoms with Crippen LogP contribution < -0.4 is 4.74 Å². The maximum atomic E-state index is 14.2.